The molecule has 0 spiro atoms. The number of hydrogen-bond acceptors (Lipinski definition) is 5. The molecule has 0 bridgehead atoms. The first kappa shape index (κ1) is 14.1. The van der Waals surface area contributed by atoms with Crippen molar-refractivity contribution in [1.29, 1.82) is 0 Å². The van der Waals surface area contributed by atoms with Crippen LogP contribution in [-0.2, 0) is 13.2 Å². The SMILES string of the molecule is CC(C)NCc1ccccc1OCc1nc(C2CC2)no1. The number of para-hydroxylation sites is 1. The molecule has 5 nitrogen and oxygen atoms in total. The lowest BCUT2D eigenvalue weighted by Crippen LogP contribution is -2.22. The van der Waals surface area contributed by atoms with E-state index >= 15 is 0 Å². The third-order valence-electron chi connectivity index (χ3n) is 3.45. The van der Waals surface area contributed by atoms with Gasteiger partial charge in [0.2, 0.25) is 0 Å². The molecule has 0 saturated heterocycles. The van der Waals surface area contributed by atoms with Crippen LogP contribution in [0.25, 0.3) is 0 Å². The second kappa shape index (κ2) is 6.26. The van der Waals surface area contributed by atoms with E-state index in [0.29, 0.717) is 24.5 Å². The van der Waals surface area contributed by atoms with E-state index in [2.05, 4.69) is 35.4 Å². The Hall–Kier alpha value is -1.88. The molecule has 0 atom stereocenters. The Morgan fingerprint density at radius 2 is 2.14 bits per heavy atom. The molecule has 2 aromatic rings. The van der Waals surface area contributed by atoms with Crippen LogP contribution in [-0.4, -0.2) is 16.2 Å². The summed E-state index contributed by atoms with van der Waals surface area (Å²) in [6.07, 6.45) is 2.34. The van der Waals surface area contributed by atoms with Crippen LogP contribution in [0.2, 0.25) is 0 Å². The molecule has 1 aliphatic rings. The average Bonchev–Trinajstić information content (AvgIpc) is 3.23. The van der Waals surface area contributed by atoms with Gasteiger partial charge in [0.25, 0.3) is 5.89 Å². The Morgan fingerprint density at radius 3 is 2.90 bits per heavy atom. The van der Waals surface area contributed by atoms with E-state index < -0.39 is 0 Å². The summed E-state index contributed by atoms with van der Waals surface area (Å²) in [5.41, 5.74) is 1.13. The van der Waals surface area contributed by atoms with Crippen molar-refractivity contribution in [3.05, 3.63) is 41.5 Å². The first-order valence-electron chi connectivity index (χ1n) is 7.49. The number of aromatic nitrogens is 2. The van der Waals surface area contributed by atoms with Crippen molar-refractivity contribution >= 4 is 0 Å². The number of benzene rings is 1. The highest BCUT2D eigenvalue weighted by atomic mass is 16.5. The van der Waals surface area contributed by atoms with Crippen molar-refractivity contribution in [2.45, 2.75) is 51.8 Å². The highest BCUT2D eigenvalue weighted by Gasteiger charge is 2.28. The highest BCUT2D eigenvalue weighted by molar-refractivity contribution is 5.33. The Kier molecular flexibility index (Phi) is 4.20. The summed E-state index contributed by atoms with van der Waals surface area (Å²) in [5, 5.41) is 7.39. The zero-order valence-corrected chi connectivity index (χ0v) is 12.5. The van der Waals surface area contributed by atoms with Gasteiger partial charge >= 0.3 is 0 Å². The predicted octanol–water partition coefficient (Wildman–Crippen LogP) is 3.02. The quantitative estimate of drug-likeness (QED) is 0.848. The maximum absolute atomic E-state index is 5.83. The summed E-state index contributed by atoms with van der Waals surface area (Å²) in [7, 11) is 0. The second-order valence-electron chi connectivity index (χ2n) is 5.75. The summed E-state index contributed by atoms with van der Waals surface area (Å²) in [4.78, 5) is 4.37. The molecule has 0 unspecified atom stereocenters. The van der Waals surface area contributed by atoms with Gasteiger partial charge in [0.05, 0.1) is 0 Å². The Morgan fingerprint density at radius 1 is 1.33 bits per heavy atom. The van der Waals surface area contributed by atoms with Gasteiger partial charge in [0, 0.05) is 24.1 Å². The fourth-order valence-corrected chi connectivity index (χ4v) is 2.08. The minimum atomic E-state index is 0.318. The largest absolute Gasteiger partial charge is 0.483 e. The average molecular weight is 287 g/mol. The zero-order valence-electron chi connectivity index (χ0n) is 12.5. The van der Waals surface area contributed by atoms with Gasteiger partial charge < -0.3 is 14.6 Å². The molecular formula is C16H21N3O2. The molecular weight excluding hydrogens is 266 g/mol. The van der Waals surface area contributed by atoms with Gasteiger partial charge in [-0.25, -0.2) is 0 Å². The summed E-state index contributed by atoms with van der Waals surface area (Å²) >= 11 is 0. The minimum absolute atomic E-state index is 0.318. The molecule has 0 aliphatic heterocycles. The van der Waals surface area contributed by atoms with E-state index in [1.54, 1.807) is 0 Å². The van der Waals surface area contributed by atoms with Crippen molar-refractivity contribution < 1.29 is 9.26 Å². The Bertz CT molecular complexity index is 591. The van der Waals surface area contributed by atoms with Crippen molar-refractivity contribution in [2.24, 2.45) is 0 Å². The third kappa shape index (κ3) is 3.82. The van der Waals surface area contributed by atoms with Crippen LogP contribution < -0.4 is 10.1 Å². The van der Waals surface area contributed by atoms with E-state index in [1.807, 2.05) is 18.2 Å². The monoisotopic (exact) mass is 287 g/mol. The lowest BCUT2D eigenvalue weighted by atomic mass is 10.2. The van der Waals surface area contributed by atoms with Gasteiger partial charge in [-0.3, -0.25) is 0 Å². The van der Waals surface area contributed by atoms with E-state index in [9.17, 15) is 0 Å². The molecule has 1 saturated carbocycles. The van der Waals surface area contributed by atoms with Crippen LogP contribution in [0, 0.1) is 0 Å². The summed E-state index contributed by atoms with van der Waals surface area (Å²) in [6, 6.07) is 8.46. The Balaban J connectivity index is 1.60. The molecule has 1 aromatic carbocycles. The molecule has 1 N–H and O–H groups in total. The standard InChI is InChI=1S/C16H21N3O2/c1-11(2)17-9-13-5-3-4-6-14(13)20-10-15-18-16(19-21-15)12-7-8-12/h3-6,11-12,17H,7-10H2,1-2H3. The van der Waals surface area contributed by atoms with E-state index in [1.165, 1.54) is 12.8 Å². The molecule has 21 heavy (non-hydrogen) atoms. The molecule has 1 fully saturated rings. The van der Waals surface area contributed by atoms with Gasteiger partial charge in [-0.15, -0.1) is 0 Å². The van der Waals surface area contributed by atoms with Gasteiger partial charge in [0.15, 0.2) is 12.4 Å². The van der Waals surface area contributed by atoms with Crippen LogP contribution >= 0.6 is 0 Å². The van der Waals surface area contributed by atoms with Gasteiger partial charge in [-0.05, 0) is 18.9 Å². The van der Waals surface area contributed by atoms with Crippen LogP contribution in [0.4, 0.5) is 0 Å². The lowest BCUT2D eigenvalue weighted by Gasteiger charge is -2.12. The van der Waals surface area contributed by atoms with Crippen LogP contribution in [0.1, 0.15) is 49.9 Å². The van der Waals surface area contributed by atoms with Crippen LogP contribution in [0.15, 0.2) is 28.8 Å². The molecule has 1 heterocycles. The van der Waals surface area contributed by atoms with Crippen molar-refractivity contribution in [3.63, 3.8) is 0 Å². The number of rotatable bonds is 7. The summed E-state index contributed by atoms with van der Waals surface area (Å²) < 4.78 is 11.1. The highest BCUT2D eigenvalue weighted by Crippen LogP contribution is 2.38. The molecule has 5 heteroatoms. The van der Waals surface area contributed by atoms with Crippen molar-refractivity contribution in [3.8, 4) is 5.75 Å². The number of hydrogen-bond donors (Lipinski definition) is 1. The minimum Gasteiger partial charge on any atom is -0.483 e. The van der Waals surface area contributed by atoms with E-state index in [-0.39, 0.29) is 0 Å². The fraction of sp³-hybridized carbons (Fsp3) is 0.500. The van der Waals surface area contributed by atoms with Crippen LogP contribution in [0.5, 0.6) is 5.75 Å². The molecule has 0 amide bonds. The number of ether oxygens (including phenoxy) is 1. The summed E-state index contributed by atoms with van der Waals surface area (Å²) in [6.45, 7) is 5.35. The van der Waals surface area contributed by atoms with Crippen molar-refractivity contribution in [1.82, 2.24) is 15.5 Å². The van der Waals surface area contributed by atoms with E-state index in [4.69, 9.17) is 9.26 Å². The predicted molar refractivity (Wildman–Crippen MR) is 79.0 cm³/mol. The maximum Gasteiger partial charge on any atom is 0.264 e. The third-order valence-corrected chi connectivity index (χ3v) is 3.45. The van der Waals surface area contributed by atoms with Gasteiger partial charge in [0.1, 0.15) is 5.75 Å². The first-order chi connectivity index (χ1) is 10.2. The zero-order chi connectivity index (χ0) is 14.7. The smallest absolute Gasteiger partial charge is 0.264 e. The molecule has 1 aliphatic carbocycles. The number of nitrogens with zero attached hydrogens (tertiary/aromatic N) is 2. The molecule has 112 valence electrons. The topological polar surface area (TPSA) is 60.2 Å². The van der Waals surface area contributed by atoms with Crippen molar-refractivity contribution in [2.75, 3.05) is 0 Å². The first-order valence-corrected chi connectivity index (χ1v) is 7.49. The molecule has 3 rings (SSSR count). The van der Waals surface area contributed by atoms with E-state index in [0.717, 1.165) is 23.7 Å². The second-order valence-corrected chi connectivity index (χ2v) is 5.75. The fourth-order valence-electron chi connectivity index (χ4n) is 2.08. The molecule has 1 aromatic heterocycles. The molecule has 0 radical (unpaired) electrons. The Labute approximate surface area is 124 Å². The normalized spacial score (nSPS) is 14.6. The van der Waals surface area contributed by atoms with Gasteiger partial charge in [-0.1, -0.05) is 37.2 Å². The maximum atomic E-state index is 5.83. The van der Waals surface area contributed by atoms with Gasteiger partial charge in [-0.2, -0.15) is 4.98 Å². The van der Waals surface area contributed by atoms with Crippen LogP contribution in [0.3, 0.4) is 0 Å². The number of nitrogens with one attached hydrogen (secondary N) is 1. The summed E-state index contributed by atoms with van der Waals surface area (Å²) in [5.74, 6) is 2.73. The lowest BCUT2D eigenvalue weighted by molar-refractivity contribution is 0.240.